The summed E-state index contributed by atoms with van der Waals surface area (Å²) >= 11 is 0. The molecule has 0 aliphatic carbocycles. The van der Waals surface area contributed by atoms with Gasteiger partial charge in [0.1, 0.15) is 6.10 Å². The largest absolute Gasteiger partial charge is 0.493 e. The van der Waals surface area contributed by atoms with Gasteiger partial charge in [-0.2, -0.15) is 0 Å². The SMILES string of the molecule is COc1ccc(CC(C)N)cc1OC1CCN(C)CC1. The summed E-state index contributed by atoms with van der Waals surface area (Å²) in [6.07, 6.45) is 3.27. The lowest BCUT2D eigenvalue weighted by atomic mass is 10.1. The van der Waals surface area contributed by atoms with Crippen molar-refractivity contribution >= 4 is 0 Å². The molecule has 0 spiro atoms. The molecule has 1 aromatic carbocycles. The van der Waals surface area contributed by atoms with Crippen LogP contribution in [-0.2, 0) is 6.42 Å². The lowest BCUT2D eigenvalue weighted by Crippen LogP contribution is -2.35. The molecule has 0 amide bonds. The van der Waals surface area contributed by atoms with E-state index in [2.05, 4.69) is 24.1 Å². The first-order valence-corrected chi connectivity index (χ1v) is 7.36. The fourth-order valence-corrected chi connectivity index (χ4v) is 2.59. The van der Waals surface area contributed by atoms with Crippen molar-refractivity contribution in [2.75, 3.05) is 27.2 Å². The van der Waals surface area contributed by atoms with Gasteiger partial charge in [0.05, 0.1) is 7.11 Å². The monoisotopic (exact) mass is 278 g/mol. The Hall–Kier alpha value is -1.26. The van der Waals surface area contributed by atoms with E-state index >= 15 is 0 Å². The topological polar surface area (TPSA) is 47.7 Å². The van der Waals surface area contributed by atoms with Crippen LogP contribution < -0.4 is 15.2 Å². The van der Waals surface area contributed by atoms with E-state index in [1.54, 1.807) is 7.11 Å². The number of nitrogens with two attached hydrogens (primary N) is 1. The highest BCUT2D eigenvalue weighted by molar-refractivity contribution is 5.43. The van der Waals surface area contributed by atoms with Crippen LogP contribution in [0.25, 0.3) is 0 Å². The number of nitrogens with zero attached hydrogens (tertiary/aromatic N) is 1. The van der Waals surface area contributed by atoms with Gasteiger partial charge in [-0.25, -0.2) is 0 Å². The molecule has 1 atom stereocenters. The minimum absolute atomic E-state index is 0.152. The smallest absolute Gasteiger partial charge is 0.161 e. The highest BCUT2D eigenvalue weighted by Crippen LogP contribution is 2.31. The summed E-state index contributed by atoms with van der Waals surface area (Å²) in [5.41, 5.74) is 7.06. The fourth-order valence-electron chi connectivity index (χ4n) is 2.59. The second kappa shape index (κ2) is 6.95. The van der Waals surface area contributed by atoms with E-state index < -0.39 is 0 Å². The van der Waals surface area contributed by atoms with Gasteiger partial charge in [-0.1, -0.05) is 6.07 Å². The zero-order chi connectivity index (χ0) is 14.5. The van der Waals surface area contributed by atoms with Crippen molar-refractivity contribution in [3.63, 3.8) is 0 Å². The number of hydrogen-bond acceptors (Lipinski definition) is 4. The molecule has 112 valence electrons. The average Bonchev–Trinajstić information content (AvgIpc) is 2.41. The minimum atomic E-state index is 0.152. The summed E-state index contributed by atoms with van der Waals surface area (Å²) in [5, 5.41) is 0. The van der Waals surface area contributed by atoms with Crippen molar-refractivity contribution in [1.29, 1.82) is 0 Å². The van der Waals surface area contributed by atoms with Crippen LogP contribution in [0.15, 0.2) is 18.2 Å². The van der Waals surface area contributed by atoms with Crippen molar-refractivity contribution in [2.45, 2.75) is 38.3 Å². The summed E-state index contributed by atoms with van der Waals surface area (Å²) < 4.78 is 11.6. The summed E-state index contributed by atoms with van der Waals surface area (Å²) in [6, 6.07) is 6.26. The van der Waals surface area contributed by atoms with E-state index in [1.165, 1.54) is 5.56 Å². The van der Waals surface area contributed by atoms with Crippen molar-refractivity contribution < 1.29 is 9.47 Å². The molecule has 2 N–H and O–H groups in total. The van der Waals surface area contributed by atoms with Crippen molar-refractivity contribution in [2.24, 2.45) is 5.73 Å². The minimum Gasteiger partial charge on any atom is -0.493 e. The van der Waals surface area contributed by atoms with Gasteiger partial charge in [-0.3, -0.25) is 0 Å². The molecule has 0 bridgehead atoms. The lowest BCUT2D eigenvalue weighted by Gasteiger charge is -2.29. The number of likely N-dealkylation sites (tertiary alicyclic amines) is 1. The first-order chi connectivity index (χ1) is 9.58. The predicted octanol–water partition coefficient (Wildman–Crippen LogP) is 2.06. The van der Waals surface area contributed by atoms with Crippen molar-refractivity contribution in [3.05, 3.63) is 23.8 Å². The van der Waals surface area contributed by atoms with Crippen LogP contribution in [0, 0.1) is 0 Å². The lowest BCUT2D eigenvalue weighted by molar-refractivity contribution is 0.111. The summed E-state index contributed by atoms with van der Waals surface area (Å²) in [7, 11) is 3.84. The molecule has 1 fully saturated rings. The molecule has 4 nitrogen and oxygen atoms in total. The first-order valence-electron chi connectivity index (χ1n) is 7.36. The normalized spacial score (nSPS) is 18.8. The molecule has 1 saturated heterocycles. The van der Waals surface area contributed by atoms with Crippen LogP contribution in [0.4, 0.5) is 0 Å². The van der Waals surface area contributed by atoms with Gasteiger partial charge in [0.15, 0.2) is 11.5 Å². The number of ether oxygens (including phenoxy) is 2. The molecular weight excluding hydrogens is 252 g/mol. The molecule has 1 aliphatic heterocycles. The van der Waals surface area contributed by atoms with Crippen LogP contribution in [0.2, 0.25) is 0 Å². The molecule has 20 heavy (non-hydrogen) atoms. The van der Waals surface area contributed by atoms with Crippen LogP contribution in [0.3, 0.4) is 0 Å². The van der Waals surface area contributed by atoms with Crippen LogP contribution in [0.1, 0.15) is 25.3 Å². The second-order valence-electron chi connectivity index (χ2n) is 5.79. The number of hydrogen-bond donors (Lipinski definition) is 1. The van der Waals surface area contributed by atoms with E-state index in [-0.39, 0.29) is 12.1 Å². The Kier molecular flexibility index (Phi) is 5.26. The third kappa shape index (κ3) is 4.12. The Labute approximate surface area is 121 Å². The molecule has 0 radical (unpaired) electrons. The van der Waals surface area contributed by atoms with Gasteiger partial charge in [-0.05, 0) is 50.9 Å². The average molecular weight is 278 g/mol. The third-order valence-corrected chi connectivity index (χ3v) is 3.74. The Bertz CT molecular complexity index is 426. The zero-order valence-corrected chi connectivity index (χ0v) is 12.8. The molecule has 1 heterocycles. The van der Waals surface area contributed by atoms with E-state index in [0.29, 0.717) is 0 Å². The maximum Gasteiger partial charge on any atom is 0.161 e. The molecule has 1 aromatic rings. The quantitative estimate of drug-likeness (QED) is 0.895. The molecule has 0 saturated carbocycles. The molecule has 1 unspecified atom stereocenters. The maximum atomic E-state index is 6.16. The van der Waals surface area contributed by atoms with Crippen LogP contribution >= 0.6 is 0 Å². The van der Waals surface area contributed by atoms with Gasteiger partial charge >= 0.3 is 0 Å². The summed E-state index contributed by atoms with van der Waals surface area (Å²) in [4.78, 5) is 2.34. The van der Waals surface area contributed by atoms with Gasteiger partial charge in [-0.15, -0.1) is 0 Å². The number of benzene rings is 1. The van der Waals surface area contributed by atoms with Crippen molar-refractivity contribution in [3.8, 4) is 11.5 Å². The van der Waals surface area contributed by atoms with E-state index in [0.717, 1.165) is 43.9 Å². The Balaban J connectivity index is 2.07. The maximum absolute atomic E-state index is 6.16. The molecular formula is C16H26N2O2. The predicted molar refractivity (Wildman–Crippen MR) is 81.5 cm³/mol. The second-order valence-corrected chi connectivity index (χ2v) is 5.79. The van der Waals surface area contributed by atoms with Crippen LogP contribution in [-0.4, -0.2) is 44.3 Å². The third-order valence-electron chi connectivity index (χ3n) is 3.74. The molecule has 4 heteroatoms. The molecule has 2 rings (SSSR count). The standard InChI is InChI=1S/C16H26N2O2/c1-12(17)10-13-4-5-15(19-3)16(11-13)20-14-6-8-18(2)9-7-14/h4-5,11-12,14H,6-10,17H2,1-3H3. The number of methoxy groups -OCH3 is 1. The Morgan fingerprint density at radius 1 is 1.30 bits per heavy atom. The fraction of sp³-hybridized carbons (Fsp3) is 0.625. The number of rotatable bonds is 5. The van der Waals surface area contributed by atoms with Gasteiger partial charge in [0, 0.05) is 19.1 Å². The Morgan fingerprint density at radius 2 is 2.00 bits per heavy atom. The van der Waals surface area contributed by atoms with E-state index in [9.17, 15) is 0 Å². The van der Waals surface area contributed by atoms with E-state index in [1.807, 2.05) is 13.0 Å². The van der Waals surface area contributed by atoms with Crippen LogP contribution in [0.5, 0.6) is 11.5 Å². The van der Waals surface area contributed by atoms with Gasteiger partial charge in [0.25, 0.3) is 0 Å². The highest BCUT2D eigenvalue weighted by atomic mass is 16.5. The zero-order valence-electron chi connectivity index (χ0n) is 12.8. The van der Waals surface area contributed by atoms with Gasteiger partial charge in [0.2, 0.25) is 0 Å². The van der Waals surface area contributed by atoms with Gasteiger partial charge < -0.3 is 20.1 Å². The van der Waals surface area contributed by atoms with Crippen molar-refractivity contribution in [1.82, 2.24) is 4.90 Å². The summed E-state index contributed by atoms with van der Waals surface area (Å²) in [5.74, 6) is 1.65. The highest BCUT2D eigenvalue weighted by Gasteiger charge is 2.19. The molecule has 1 aliphatic rings. The Morgan fingerprint density at radius 3 is 2.60 bits per heavy atom. The summed E-state index contributed by atoms with van der Waals surface area (Å²) in [6.45, 7) is 4.20. The molecule has 0 aromatic heterocycles. The number of piperidine rings is 1. The van der Waals surface area contributed by atoms with E-state index in [4.69, 9.17) is 15.2 Å². The first kappa shape index (κ1) is 15.1.